The minimum absolute atomic E-state index is 0.114. The standard InChI is InChI=1S/C19H28N2O5/c1-4-26-16-8-7-14(10-17(16)25-3)13(2)20-18(22)12-21-9-5-6-15(11-21)19(23)24/h7-8,10,13,15H,4-6,9,11-12H2,1-3H3,(H,20,22)(H,23,24). The number of carboxylic acids is 1. The second kappa shape index (κ2) is 9.43. The number of hydrogen-bond acceptors (Lipinski definition) is 5. The van der Waals surface area contributed by atoms with Crippen LogP contribution in [0.4, 0.5) is 0 Å². The van der Waals surface area contributed by atoms with E-state index >= 15 is 0 Å². The molecule has 26 heavy (non-hydrogen) atoms. The molecule has 0 bridgehead atoms. The van der Waals surface area contributed by atoms with Crippen molar-refractivity contribution in [2.24, 2.45) is 5.92 Å². The van der Waals surface area contributed by atoms with Gasteiger partial charge in [0.25, 0.3) is 0 Å². The third kappa shape index (κ3) is 5.36. The van der Waals surface area contributed by atoms with Crippen molar-refractivity contribution >= 4 is 11.9 Å². The summed E-state index contributed by atoms with van der Waals surface area (Å²) in [7, 11) is 1.58. The molecule has 2 atom stereocenters. The Morgan fingerprint density at radius 3 is 2.81 bits per heavy atom. The highest BCUT2D eigenvalue weighted by Gasteiger charge is 2.26. The molecule has 1 amide bonds. The maximum atomic E-state index is 12.3. The number of benzene rings is 1. The molecule has 1 aromatic carbocycles. The van der Waals surface area contributed by atoms with Gasteiger partial charge >= 0.3 is 5.97 Å². The summed E-state index contributed by atoms with van der Waals surface area (Å²) in [4.78, 5) is 25.4. The topological polar surface area (TPSA) is 88.1 Å². The summed E-state index contributed by atoms with van der Waals surface area (Å²) in [5.74, 6) is 0.0155. The molecule has 1 aliphatic rings. The van der Waals surface area contributed by atoms with Gasteiger partial charge < -0.3 is 19.9 Å². The molecule has 0 spiro atoms. The maximum Gasteiger partial charge on any atom is 0.307 e. The molecular weight excluding hydrogens is 336 g/mol. The zero-order valence-electron chi connectivity index (χ0n) is 15.7. The van der Waals surface area contributed by atoms with E-state index in [1.54, 1.807) is 7.11 Å². The van der Waals surface area contributed by atoms with Crippen LogP contribution < -0.4 is 14.8 Å². The maximum absolute atomic E-state index is 12.3. The number of carboxylic acid groups (broad SMARTS) is 1. The lowest BCUT2D eigenvalue weighted by Gasteiger charge is -2.30. The molecule has 0 radical (unpaired) electrons. The Hall–Kier alpha value is -2.28. The highest BCUT2D eigenvalue weighted by molar-refractivity contribution is 5.78. The van der Waals surface area contributed by atoms with Crippen molar-refractivity contribution in [1.82, 2.24) is 10.2 Å². The molecule has 2 rings (SSSR count). The van der Waals surface area contributed by atoms with Crippen LogP contribution in [0, 0.1) is 5.92 Å². The van der Waals surface area contributed by atoms with Gasteiger partial charge in [0.15, 0.2) is 11.5 Å². The fourth-order valence-corrected chi connectivity index (χ4v) is 3.20. The second-order valence-corrected chi connectivity index (χ2v) is 6.55. The molecule has 0 aliphatic carbocycles. The van der Waals surface area contributed by atoms with Gasteiger partial charge in [0.2, 0.25) is 5.91 Å². The van der Waals surface area contributed by atoms with Crippen molar-refractivity contribution in [2.45, 2.75) is 32.7 Å². The van der Waals surface area contributed by atoms with Crippen LogP contribution in [-0.2, 0) is 9.59 Å². The summed E-state index contributed by atoms with van der Waals surface area (Å²) in [6.45, 7) is 5.75. The van der Waals surface area contributed by atoms with E-state index in [-0.39, 0.29) is 24.4 Å². The largest absolute Gasteiger partial charge is 0.493 e. The molecule has 144 valence electrons. The van der Waals surface area contributed by atoms with Gasteiger partial charge in [-0.3, -0.25) is 14.5 Å². The Bertz CT molecular complexity index is 634. The Morgan fingerprint density at radius 1 is 1.38 bits per heavy atom. The predicted molar refractivity (Wildman–Crippen MR) is 97.5 cm³/mol. The van der Waals surface area contributed by atoms with Gasteiger partial charge in [-0.2, -0.15) is 0 Å². The van der Waals surface area contributed by atoms with Crippen molar-refractivity contribution in [2.75, 3.05) is 33.4 Å². The number of carbonyl (C=O) groups is 2. The number of amides is 1. The summed E-state index contributed by atoms with van der Waals surface area (Å²) < 4.78 is 10.9. The van der Waals surface area contributed by atoms with Crippen molar-refractivity contribution in [1.29, 1.82) is 0 Å². The third-order valence-corrected chi connectivity index (χ3v) is 4.59. The van der Waals surface area contributed by atoms with Gasteiger partial charge in [0.05, 0.1) is 32.2 Å². The molecule has 1 fully saturated rings. The number of piperidine rings is 1. The fraction of sp³-hybridized carbons (Fsp3) is 0.579. The minimum Gasteiger partial charge on any atom is -0.493 e. The average molecular weight is 364 g/mol. The number of carbonyl (C=O) groups excluding carboxylic acids is 1. The number of ether oxygens (including phenoxy) is 2. The Kier molecular flexibility index (Phi) is 7.26. The molecule has 1 aliphatic heterocycles. The van der Waals surface area contributed by atoms with Crippen LogP contribution in [-0.4, -0.2) is 55.2 Å². The summed E-state index contributed by atoms with van der Waals surface area (Å²) >= 11 is 0. The zero-order chi connectivity index (χ0) is 19.1. The quantitative estimate of drug-likeness (QED) is 0.734. The van der Waals surface area contributed by atoms with Gasteiger partial charge in [-0.1, -0.05) is 6.07 Å². The van der Waals surface area contributed by atoms with Crippen LogP contribution in [0.15, 0.2) is 18.2 Å². The average Bonchev–Trinajstić information content (AvgIpc) is 2.62. The fourth-order valence-electron chi connectivity index (χ4n) is 3.20. The molecular formula is C19H28N2O5. The van der Waals surface area contributed by atoms with Crippen LogP contribution in [0.25, 0.3) is 0 Å². The van der Waals surface area contributed by atoms with Gasteiger partial charge in [-0.05, 0) is 50.9 Å². The third-order valence-electron chi connectivity index (χ3n) is 4.59. The van der Waals surface area contributed by atoms with Crippen LogP contribution in [0.2, 0.25) is 0 Å². The van der Waals surface area contributed by atoms with Crippen LogP contribution in [0.1, 0.15) is 38.3 Å². The normalized spacial score (nSPS) is 18.8. The molecule has 7 heteroatoms. The van der Waals surface area contributed by atoms with Crippen molar-refractivity contribution in [3.63, 3.8) is 0 Å². The van der Waals surface area contributed by atoms with E-state index < -0.39 is 5.97 Å². The molecule has 0 saturated carbocycles. The zero-order valence-corrected chi connectivity index (χ0v) is 15.7. The van der Waals surface area contributed by atoms with Gasteiger partial charge in [-0.15, -0.1) is 0 Å². The first-order valence-electron chi connectivity index (χ1n) is 8.99. The van der Waals surface area contributed by atoms with Crippen molar-refractivity contribution < 1.29 is 24.2 Å². The number of methoxy groups -OCH3 is 1. The number of aliphatic carboxylic acids is 1. The van der Waals surface area contributed by atoms with E-state index in [0.29, 0.717) is 31.1 Å². The summed E-state index contributed by atoms with van der Waals surface area (Å²) in [5, 5.41) is 12.1. The van der Waals surface area contributed by atoms with Crippen LogP contribution >= 0.6 is 0 Å². The predicted octanol–water partition coefficient (Wildman–Crippen LogP) is 2.07. The number of hydrogen-bond donors (Lipinski definition) is 2. The monoisotopic (exact) mass is 364 g/mol. The molecule has 2 N–H and O–H groups in total. The first-order chi connectivity index (χ1) is 12.4. The molecule has 1 aromatic rings. The van der Waals surface area contributed by atoms with E-state index in [0.717, 1.165) is 18.5 Å². The summed E-state index contributed by atoms with van der Waals surface area (Å²) in [5.41, 5.74) is 0.917. The first-order valence-corrected chi connectivity index (χ1v) is 8.99. The summed E-state index contributed by atoms with van der Waals surface area (Å²) in [6, 6.07) is 5.41. The van der Waals surface area contributed by atoms with E-state index in [1.165, 1.54) is 0 Å². The lowest BCUT2D eigenvalue weighted by molar-refractivity contribution is -0.144. The van der Waals surface area contributed by atoms with E-state index in [9.17, 15) is 9.59 Å². The lowest BCUT2D eigenvalue weighted by atomic mass is 9.98. The Balaban J connectivity index is 1.93. The van der Waals surface area contributed by atoms with E-state index in [4.69, 9.17) is 14.6 Å². The molecule has 1 heterocycles. The lowest BCUT2D eigenvalue weighted by Crippen LogP contribution is -2.44. The van der Waals surface area contributed by atoms with E-state index in [1.807, 2.05) is 36.9 Å². The highest BCUT2D eigenvalue weighted by atomic mass is 16.5. The van der Waals surface area contributed by atoms with Crippen LogP contribution in [0.5, 0.6) is 11.5 Å². The second-order valence-electron chi connectivity index (χ2n) is 6.55. The van der Waals surface area contributed by atoms with Gasteiger partial charge in [-0.25, -0.2) is 0 Å². The van der Waals surface area contributed by atoms with Gasteiger partial charge in [0.1, 0.15) is 0 Å². The first kappa shape index (κ1) is 20.0. The number of nitrogens with one attached hydrogen (secondary N) is 1. The van der Waals surface area contributed by atoms with E-state index in [2.05, 4.69) is 5.32 Å². The van der Waals surface area contributed by atoms with Crippen molar-refractivity contribution in [3.05, 3.63) is 23.8 Å². The number of rotatable bonds is 8. The minimum atomic E-state index is -0.787. The molecule has 2 unspecified atom stereocenters. The van der Waals surface area contributed by atoms with Crippen LogP contribution in [0.3, 0.4) is 0 Å². The molecule has 7 nitrogen and oxygen atoms in total. The summed E-state index contributed by atoms with van der Waals surface area (Å²) in [6.07, 6.45) is 1.48. The highest BCUT2D eigenvalue weighted by Crippen LogP contribution is 2.30. The number of likely N-dealkylation sites (tertiary alicyclic amines) is 1. The SMILES string of the molecule is CCOc1ccc(C(C)NC(=O)CN2CCCC(C(=O)O)C2)cc1OC. The number of nitrogens with zero attached hydrogens (tertiary/aromatic N) is 1. The Morgan fingerprint density at radius 2 is 2.15 bits per heavy atom. The van der Waals surface area contributed by atoms with Gasteiger partial charge in [0, 0.05) is 6.54 Å². The molecule has 1 saturated heterocycles. The smallest absolute Gasteiger partial charge is 0.307 e. The molecule has 0 aromatic heterocycles. The van der Waals surface area contributed by atoms with Crippen molar-refractivity contribution in [3.8, 4) is 11.5 Å². The Labute approximate surface area is 154 Å².